The number of likely N-dealkylation sites (tertiary alicyclic amines) is 1. The number of benzene rings is 1. The van der Waals surface area contributed by atoms with E-state index in [0.29, 0.717) is 37.3 Å². The lowest BCUT2D eigenvalue weighted by atomic mass is 10.1. The van der Waals surface area contributed by atoms with E-state index < -0.39 is 12.2 Å². The Morgan fingerprint density at radius 2 is 2.12 bits per heavy atom. The van der Waals surface area contributed by atoms with E-state index in [1.54, 1.807) is 29.2 Å². The SMILES string of the molecule is N#Cc1ccc(N2CC(CN3CCCC(OC(=O)O)C3)OC2=O)cc1. The van der Waals surface area contributed by atoms with E-state index in [0.717, 1.165) is 13.0 Å². The first kappa shape index (κ1) is 17.0. The van der Waals surface area contributed by atoms with Gasteiger partial charge >= 0.3 is 12.2 Å². The molecule has 2 fully saturated rings. The number of anilines is 1. The average molecular weight is 345 g/mol. The molecule has 8 heteroatoms. The Hall–Kier alpha value is -2.79. The van der Waals surface area contributed by atoms with E-state index in [1.165, 1.54) is 0 Å². The normalized spacial score (nSPS) is 23.8. The molecule has 0 bridgehead atoms. The van der Waals surface area contributed by atoms with E-state index in [2.05, 4.69) is 4.90 Å². The lowest BCUT2D eigenvalue weighted by molar-refractivity contribution is 0.00485. The highest BCUT2D eigenvalue weighted by Crippen LogP contribution is 2.23. The fourth-order valence-corrected chi connectivity index (χ4v) is 3.25. The molecule has 25 heavy (non-hydrogen) atoms. The molecule has 0 aromatic heterocycles. The third kappa shape index (κ3) is 4.19. The van der Waals surface area contributed by atoms with Gasteiger partial charge in [0.2, 0.25) is 0 Å². The van der Waals surface area contributed by atoms with Crippen LogP contribution in [0.2, 0.25) is 0 Å². The highest BCUT2D eigenvalue weighted by Gasteiger charge is 2.34. The van der Waals surface area contributed by atoms with Crippen molar-refractivity contribution >= 4 is 17.9 Å². The summed E-state index contributed by atoms with van der Waals surface area (Å²) < 4.78 is 10.3. The van der Waals surface area contributed by atoms with Crippen molar-refractivity contribution in [2.24, 2.45) is 0 Å². The molecule has 1 aromatic carbocycles. The van der Waals surface area contributed by atoms with Gasteiger partial charge in [-0.05, 0) is 43.7 Å². The van der Waals surface area contributed by atoms with E-state index in [-0.39, 0.29) is 12.2 Å². The molecular weight excluding hydrogens is 326 g/mol. The number of hydrogen-bond acceptors (Lipinski definition) is 6. The molecule has 0 spiro atoms. The Morgan fingerprint density at radius 1 is 1.36 bits per heavy atom. The molecule has 2 atom stereocenters. The molecule has 2 aliphatic heterocycles. The fraction of sp³-hybridized carbons (Fsp3) is 0.471. The van der Waals surface area contributed by atoms with Crippen molar-refractivity contribution < 1.29 is 24.2 Å². The van der Waals surface area contributed by atoms with Crippen molar-refractivity contribution in [3.05, 3.63) is 29.8 Å². The van der Waals surface area contributed by atoms with Gasteiger partial charge in [-0.15, -0.1) is 0 Å². The molecule has 132 valence electrons. The molecule has 0 saturated carbocycles. The molecule has 0 aliphatic carbocycles. The van der Waals surface area contributed by atoms with Crippen molar-refractivity contribution in [1.82, 2.24) is 4.90 Å². The van der Waals surface area contributed by atoms with Crippen LogP contribution in [0.5, 0.6) is 0 Å². The molecule has 2 aliphatic rings. The summed E-state index contributed by atoms with van der Waals surface area (Å²) in [6, 6.07) is 8.81. The van der Waals surface area contributed by atoms with Gasteiger partial charge in [0.1, 0.15) is 12.2 Å². The third-order valence-corrected chi connectivity index (χ3v) is 4.37. The molecule has 3 rings (SSSR count). The maximum absolute atomic E-state index is 12.1. The van der Waals surface area contributed by atoms with Crippen molar-refractivity contribution in [2.75, 3.05) is 31.1 Å². The van der Waals surface area contributed by atoms with Gasteiger partial charge in [-0.25, -0.2) is 9.59 Å². The van der Waals surface area contributed by atoms with Gasteiger partial charge in [-0.1, -0.05) is 0 Å². The summed E-state index contributed by atoms with van der Waals surface area (Å²) in [6.45, 7) is 2.30. The van der Waals surface area contributed by atoms with Crippen molar-refractivity contribution in [3.8, 4) is 6.07 Å². The summed E-state index contributed by atoms with van der Waals surface area (Å²) in [7, 11) is 0. The molecule has 2 unspecified atom stereocenters. The summed E-state index contributed by atoms with van der Waals surface area (Å²) in [4.78, 5) is 26.4. The van der Waals surface area contributed by atoms with Crippen LogP contribution in [0.25, 0.3) is 0 Å². The van der Waals surface area contributed by atoms with Crippen LogP contribution in [-0.2, 0) is 9.47 Å². The number of nitriles is 1. The lowest BCUT2D eigenvalue weighted by Crippen LogP contribution is -2.44. The fourth-order valence-electron chi connectivity index (χ4n) is 3.25. The van der Waals surface area contributed by atoms with Gasteiger partial charge in [0, 0.05) is 18.8 Å². The van der Waals surface area contributed by atoms with E-state index in [9.17, 15) is 9.59 Å². The number of amides is 1. The maximum Gasteiger partial charge on any atom is 0.506 e. The van der Waals surface area contributed by atoms with Crippen molar-refractivity contribution in [1.29, 1.82) is 5.26 Å². The molecule has 2 heterocycles. The van der Waals surface area contributed by atoms with Crippen LogP contribution >= 0.6 is 0 Å². The Labute approximate surface area is 145 Å². The van der Waals surface area contributed by atoms with Gasteiger partial charge in [0.15, 0.2) is 0 Å². The molecular formula is C17H19N3O5. The van der Waals surface area contributed by atoms with Gasteiger partial charge in [-0.2, -0.15) is 5.26 Å². The number of piperidine rings is 1. The maximum atomic E-state index is 12.1. The van der Waals surface area contributed by atoms with Crippen LogP contribution in [-0.4, -0.2) is 60.6 Å². The summed E-state index contributed by atoms with van der Waals surface area (Å²) in [5, 5.41) is 17.6. The van der Waals surface area contributed by atoms with Crippen LogP contribution in [0.15, 0.2) is 24.3 Å². The standard InChI is InChI=1S/C17H19N3O5/c18-8-12-3-5-13(6-4-12)20-11-15(24-16(20)21)10-19-7-1-2-14(9-19)25-17(22)23/h3-6,14-15H,1-2,7,9-11H2,(H,22,23). The zero-order chi connectivity index (χ0) is 17.8. The number of cyclic esters (lactones) is 1. The first-order valence-corrected chi connectivity index (χ1v) is 8.15. The first-order valence-electron chi connectivity index (χ1n) is 8.15. The minimum atomic E-state index is -1.26. The number of ether oxygens (including phenoxy) is 2. The molecule has 1 amide bonds. The monoisotopic (exact) mass is 345 g/mol. The number of rotatable bonds is 4. The third-order valence-electron chi connectivity index (χ3n) is 4.37. The second kappa shape index (κ2) is 7.40. The van der Waals surface area contributed by atoms with Crippen LogP contribution in [0.1, 0.15) is 18.4 Å². The van der Waals surface area contributed by atoms with Gasteiger partial charge in [0.05, 0.1) is 18.2 Å². The number of nitrogens with zero attached hydrogens (tertiary/aromatic N) is 3. The number of carboxylic acid groups (broad SMARTS) is 1. The smallest absolute Gasteiger partial charge is 0.450 e. The molecule has 1 N–H and O–H groups in total. The second-order valence-electron chi connectivity index (χ2n) is 6.18. The zero-order valence-electron chi connectivity index (χ0n) is 13.6. The van der Waals surface area contributed by atoms with E-state index >= 15 is 0 Å². The van der Waals surface area contributed by atoms with Crippen LogP contribution < -0.4 is 4.90 Å². The largest absolute Gasteiger partial charge is 0.506 e. The molecule has 8 nitrogen and oxygen atoms in total. The summed E-state index contributed by atoms with van der Waals surface area (Å²) in [5.41, 5.74) is 1.22. The molecule has 2 saturated heterocycles. The quantitative estimate of drug-likeness (QED) is 0.833. The van der Waals surface area contributed by atoms with Crippen LogP contribution in [0.4, 0.5) is 15.3 Å². The average Bonchev–Trinajstić information content (AvgIpc) is 2.95. The van der Waals surface area contributed by atoms with E-state index in [4.69, 9.17) is 19.8 Å². The zero-order valence-corrected chi connectivity index (χ0v) is 13.6. The van der Waals surface area contributed by atoms with Crippen LogP contribution in [0, 0.1) is 11.3 Å². The highest BCUT2D eigenvalue weighted by molar-refractivity contribution is 5.89. The minimum Gasteiger partial charge on any atom is -0.450 e. The summed E-state index contributed by atoms with van der Waals surface area (Å²) >= 11 is 0. The Bertz CT molecular complexity index is 685. The Morgan fingerprint density at radius 3 is 2.80 bits per heavy atom. The predicted molar refractivity (Wildman–Crippen MR) is 87.3 cm³/mol. The van der Waals surface area contributed by atoms with Crippen LogP contribution in [0.3, 0.4) is 0 Å². The minimum absolute atomic E-state index is 0.285. The topological polar surface area (TPSA) is 103 Å². The summed E-state index contributed by atoms with van der Waals surface area (Å²) in [6.07, 6.45) is -0.733. The Balaban J connectivity index is 1.57. The Kier molecular flexibility index (Phi) is 5.05. The van der Waals surface area contributed by atoms with Gasteiger partial charge in [0.25, 0.3) is 0 Å². The molecule has 1 aromatic rings. The number of carbonyl (C=O) groups is 2. The first-order chi connectivity index (χ1) is 12.0. The van der Waals surface area contributed by atoms with Crippen molar-refractivity contribution in [3.63, 3.8) is 0 Å². The van der Waals surface area contributed by atoms with E-state index in [1.807, 2.05) is 6.07 Å². The second-order valence-corrected chi connectivity index (χ2v) is 6.18. The van der Waals surface area contributed by atoms with Gasteiger partial charge < -0.3 is 14.6 Å². The lowest BCUT2D eigenvalue weighted by Gasteiger charge is -2.32. The van der Waals surface area contributed by atoms with Crippen molar-refractivity contribution in [2.45, 2.75) is 25.0 Å². The molecule has 0 radical (unpaired) electrons. The predicted octanol–water partition coefficient (Wildman–Crippen LogP) is 2.04. The number of carbonyl (C=O) groups excluding carboxylic acids is 1. The highest BCUT2D eigenvalue weighted by atomic mass is 16.7. The van der Waals surface area contributed by atoms with Gasteiger partial charge in [-0.3, -0.25) is 9.80 Å². The number of hydrogen-bond donors (Lipinski definition) is 1. The summed E-state index contributed by atoms with van der Waals surface area (Å²) in [5.74, 6) is 0.